The van der Waals surface area contributed by atoms with Crippen LogP contribution in [0, 0.1) is 17.7 Å². The van der Waals surface area contributed by atoms with Crippen molar-refractivity contribution in [3.63, 3.8) is 0 Å². The molecule has 1 saturated heterocycles. The Labute approximate surface area is 233 Å². The zero-order chi connectivity index (χ0) is 27.2. The molecule has 1 aliphatic rings. The van der Waals surface area contributed by atoms with Gasteiger partial charge in [-0.3, -0.25) is 5.32 Å². The van der Waals surface area contributed by atoms with Crippen LogP contribution in [-0.2, 0) is 11.3 Å². The van der Waals surface area contributed by atoms with Crippen LogP contribution in [0.25, 0.3) is 10.2 Å². The molecule has 1 fully saturated rings. The molecule has 200 valence electrons. The van der Waals surface area contributed by atoms with Crippen molar-refractivity contribution in [1.29, 1.82) is 0 Å². The van der Waals surface area contributed by atoms with Gasteiger partial charge < -0.3 is 20.1 Å². The van der Waals surface area contributed by atoms with Gasteiger partial charge in [0.15, 0.2) is 0 Å². The third kappa shape index (κ3) is 6.95. The molecule has 0 radical (unpaired) electrons. The van der Waals surface area contributed by atoms with Gasteiger partial charge in [-0.05, 0) is 48.9 Å². The van der Waals surface area contributed by atoms with Gasteiger partial charge >= 0.3 is 6.09 Å². The van der Waals surface area contributed by atoms with Crippen molar-refractivity contribution in [2.24, 2.45) is 0 Å². The van der Waals surface area contributed by atoms with Gasteiger partial charge in [-0.15, -0.1) is 11.3 Å². The van der Waals surface area contributed by atoms with Gasteiger partial charge in [0.2, 0.25) is 0 Å². The highest BCUT2D eigenvalue weighted by molar-refractivity contribution is 7.19. The number of hydrogen-bond acceptors (Lipinski definition) is 8. The van der Waals surface area contributed by atoms with E-state index in [9.17, 15) is 9.18 Å². The molecule has 0 unspecified atom stereocenters. The summed E-state index contributed by atoms with van der Waals surface area (Å²) in [5, 5.41) is 10.5. The van der Waals surface area contributed by atoms with Crippen molar-refractivity contribution in [2.75, 3.05) is 18.4 Å². The molecule has 0 spiro atoms. The Morgan fingerprint density at radius 3 is 2.97 bits per heavy atom. The van der Waals surface area contributed by atoms with E-state index in [0.29, 0.717) is 41.7 Å². The highest BCUT2D eigenvalue weighted by atomic mass is 35.5. The van der Waals surface area contributed by atoms with E-state index in [1.54, 1.807) is 24.3 Å². The highest BCUT2D eigenvalue weighted by Gasteiger charge is 2.25. The maximum Gasteiger partial charge on any atom is 0.407 e. The van der Waals surface area contributed by atoms with Crippen LogP contribution < -0.4 is 20.7 Å². The van der Waals surface area contributed by atoms with Gasteiger partial charge in [-0.1, -0.05) is 35.6 Å². The first-order valence-electron chi connectivity index (χ1n) is 12.3. The van der Waals surface area contributed by atoms with Gasteiger partial charge in [0.25, 0.3) is 0 Å². The number of nitrogens with zero attached hydrogens (tertiary/aromatic N) is 2. The lowest BCUT2D eigenvalue weighted by Gasteiger charge is -2.11. The largest absolute Gasteiger partial charge is 0.487 e. The number of carbonyl (C=O) groups excluding carboxylic acids is 1. The third-order valence-corrected chi connectivity index (χ3v) is 7.12. The molecule has 2 aromatic heterocycles. The molecular weight excluding hydrogens is 541 g/mol. The molecule has 3 N–H and O–H groups in total. The number of nitrogens with one attached hydrogen (secondary N) is 3. The zero-order valence-corrected chi connectivity index (χ0v) is 22.5. The summed E-state index contributed by atoms with van der Waals surface area (Å²) in [7, 11) is 0. The first kappa shape index (κ1) is 26.7. The topological polar surface area (TPSA) is 97.4 Å². The fraction of sp³-hybridized carbons (Fsp3) is 0.250. The molecule has 1 amide bonds. The van der Waals surface area contributed by atoms with E-state index >= 15 is 0 Å². The molecule has 8 nitrogen and oxygen atoms in total. The van der Waals surface area contributed by atoms with Crippen LogP contribution in [0.5, 0.6) is 5.75 Å². The minimum Gasteiger partial charge on any atom is -0.487 e. The molecule has 0 saturated carbocycles. The molecular formula is C28H25ClFN5O3S. The maximum absolute atomic E-state index is 13.4. The summed E-state index contributed by atoms with van der Waals surface area (Å²) < 4.78 is 24.5. The number of halogens is 2. The van der Waals surface area contributed by atoms with E-state index in [1.807, 2.05) is 19.1 Å². The lowest BCUT2D eigenvalue weighted by molar-refractivity contribution is 0.107. The number of amides is 1. The Hall–Kier alpha value is -3.91. The second-order valence-electron chi connectivity index (χ2n) is 8.76. The van der Waals surface area contributed by atoms with Crippen LogP contribution in [0.4, 0.5) is 20.7 Å². The average molecular weight is 566 g/mol. The highest BCUT2D eigenvalue weighted by Crippen LogP contribution is 2.33. The van der Waals surface area contributed by atoms with Crippen molar-refractivity contribution in [1.82, 2.24) is 20.6 Å². The van der Waals surface area contributed by atoms with Crippen molar-refractivity contribution in [3.8, 4) is 17.6 Å². The van der Waals surface area contributed by atoms with E-state index in [1.165, 1.54) is 29.8 Å². The lowest BCUT2D eigenvalue weighted by Crippen LogP contribution is -2.29. The monoisotopic (exact) mass is 565 g/mol. The predicted octanol–water partition coefficient (Wildman–Crippen LogP) is 5.63. The molecule has 39 heavy (non-hydrogen) atoms. The van der Waals surface area contributed by atoms with Gasteiger partial charge in [0.1, 0.15) is 41.3 Å². The van der Waals surface area contributed by atoms with E-state index < -0.39 is 6.09 Å². The molecule has 2 aromatic carbocycles. The summed E-state index contributed by atoms with van der Waals surface area (Å²) in [5.74, 6) is 7.23. The van der Waals surface area contributed by atoms with Crippen molar-refractivity contribution < 1.29 is 18.7 Å². The molecule has 1 aliphatic heterocycles. The summed E-state index contributed by atoms with van der Waals surface area (Å²) in [6.07, 6.45) is 1.51. The quantitative estimate of drug-likeness (QED) is 0.250. The Kier molecular flexibility index (Phi) is 8.42. The van der Waals surface area contributed by atoms with Gasteiger partial charge in [-0.2, -0.15) is 0 Å². The number of rotatable bonds is 7. The van der Waals surface area contributed by atoms with Crippen molar-refractivity contribution in [3.05, 3.63) is 76.1 Å². The summed E-state index contributed by atoms with van der Waals surface area (Å²) >= 11 is 7.92. The van der Waals surface area contributed by atoms with Crippen LogP contribution >= 0.6 is 22.9 Å². The fourth-order valence-electron chi connectivity index (χ4n) is 4.04. The van der Waals surface area contributed by atoms with E-state index in [-0.39, 0.29) is 24.6 Å². The second kappa shape index (κ2) is 12.3. The molecule has 5 rings (SSSR count). The summed E-state index contributed by atoms with van der Waals surface area (Å²) in [5.41, 5.74) is 1.44. The number of fused-ring (bicyclic) bond motifs is 1. The number of alkyl carbamates (subject to hydrolysis) is 1. The molecule has 0 bridgehead atoms. The van der Waals surface area contributed by atoms with Crippen LogP contribution in [0.1, 0.15) is 23.8 Å². The number of aromatic nitrogens is 2. The molecule has 0 aliphatic carbocycles. The number of benzene rings is 2. The predicted molar refractivity (Wildman–Crippen MR) is 150 cm³/mol. The van der Waals surface area contributed by atoms with E-state index in [4.69, 9.17) is 21.1 Å². The summed E-state index contributed by atoms with van der Waals surface area (Å²) in [4.78, 5) is 22.1. The van der Waals surface area contributed by atoms with Crippen LogP contribution in [0.2, 0.25) is 5.02 Å². The Morgan fingerprint density at radius 1 is 1.26 bits per heavy atom. The summed E-state index contributed by atoms with van der Waals surface area (Å²) in [6.45, 7) is 3.14. The van der Waals surface area contributed by atoms with Crippen molar-refractivity contribution >= 4 is 50.8 Å². The average Bonchev–Trinajstić information content (AvgIpc) is 3.54. The van der Waals surface area contributed by atoms with Gasteiger partial charge in [-0.25, -0.2) is 19.2 Å². The lowest BCUT2D eigenvalue weighted by atomic mass is 10.2. The number of carbonyl (C=O) groups is 1. The number of ether oxygens (including phenoxy) is 2. The van der Waals surface area contributed by atoms with Gasteiger partial charge in [0, 0.05) is 25.2 Å². The van der Waals surface area contributed by atoms with E-state index in [2.05, 4.69) is 37.8 Å². The second-order valence-corrected chi connectivity index (χ2v) is 10.2. The normalized spacial score (nSPS) is 16.4. The minimum absolute atomic E-state index is 0.0675. The number of hydrogen-bond donors (Lipinski definition) is 3. The molecule has 11 heteroatoms. The SMILES string of the molecule is CCNC(=O)O[C@@H]1CN[C@H](C#Cc2cc3c(Nc4ccc(OCc5cccc(F)c5)c(Cl)c4)ncnc3s2)C1. The molecule has 3 heterocycles. The third-order valence-electron chi connectivity index (χ3n) is 5.86. The smallest absolute Gasteiger partial charge is 0.407 e. The zero-order valence-electron chi connectivity index (χ0n) is 21.0. The Bertz CT molecular complexity index is 1550. The van der Waals surface area contributed by atoms with Crippen LogP contribution in [0.3, 0.4) is 0 Å². The van der Waals surface area contributed by atoms with Crippen LogP contribution in [0.15, 0.2) is 54.9 Å². The fourth-order valence-corrected chi connectivity index (χ4v) is 5.13. The number of anilines is 2. The number of thiophene rings is 1. The molecule has 2 atom stereocenters. The minimum atomic E-state index is -0.409. The van der Waals surface area contributed by atoms with E-state index in [0.717, 1.165) is 20.8 Å². The first-order valence-corrected chi connectivity index (χ1v) is 13.5. The van der Waals surface area contributed by atoms with Crippen LogP contribution in [-0.4, -0.2) is 41.3 Å². The first-order chi connectivity index (χ1) is 19.0. The maximum atomic E-state index is 13.4. The standard InChI is InChI=1S/C28H25ClFN5O3S/c1-2-31-28(36)38-21-11-19(32-14-21)6-8-22-13-23-26(33-16-34-27(23)39-22)35-20-7-9-25(24(29)12-20)37-15-17-4-3-5-18(30)10-17/h3-5,7,9-10,12-13,16,19,21,32H,2,11,14-15H2,1H3,(H,31,36)(H,33,34,35)/t19-,21+/m1/s1. The Balaban J connectivity index is 1.24. The Morgan fingerprint density at radius 2 is 2.15 bits per heavy atom. The summed E-state index contributed by atoms with van der Waals surface area (Å²) in [6, 6.07) is 13.5. The molecule has 4 aromatic rings. The van der Waals surface area contributed by atoms with Crippen molar-refractivity contribution in [2.45, 2.75) is 32.1 Å². The van der Waals surface area contributed by atoms with Gasteiger partial charge in [0.05, 0.1) is 21.3 Å².